The Balaban J connectivity index is 1.84. The van der Waals surface area contributed by atoms with Crippen LogP contribution in [0.15, 0.2) is 48.5 Å². The summed E-state index contributed by atoms with van der Waals surface area (Å²) in [5.41, 5.74) is 1.63. The molecule has 0 radical (unpaired) electrons. The van der Waals surface area contributed by atoms with Crippen molar-refractivity contribution >= 4 is 28.8 Å². The number of carbonyl (C=O) groups excluding carboxylic acids is 2. The van der Waals surface area contributed by atoms with Crippen LogP contribution >= 0.6 is 11.8 Å². The summed E-state index contributed by atoms with van der Waals surface area (Å²) in [4.78, 5) is 37.7. The summed E-state index contributed by atoms with van der Waals surface area (Å²) in [7, 11) is 0. The van der Waals surface area contributed by atoms with Crippen molar-refractivity contribution in [3.63, 3.8) is 0 Å². The summed E-state index contributed by atoms with van der Waals surface area (Å²) < 4.78 is 10.9. The first-order valence-electron chi connectivity index (χ1n) is 9.49. The standard InChI is InChI=1S/C22H23NO6S/c1-15(24)30-13-18(10-17-8-5-9-19-21(17)29-14-28-19)22(27)23(12-20(25)26)11-16-6-3-2-4-7-16/h2-9,18H,10-14H2,1H3,(H,25,26). The summed E-state index contributed by atoms with van der Waals surface area (Å²) in [6.45, 7) is 1.33. The van der Waals surface area contributed by atoms with Crippen molar-refractivity contribution in [3.05, 3.63) is 59.7 Å². The minimum Gasteiger partial charge on any atom is -0.480 e. The maximum Gasteiger partial charge on any atom is 0.323 e. The third-order valence-corrected chi connectivity index (χ3v) is 5.61. The lowest BCUT2D eigenvalue weighted by atomic mass is 9.98. The van der Waals surface area contributed by atoms with Gasteiger partial charge in [0.25, 0.3) is 0 Å². The average molecular weight is 429 g/mol. The average Bonchev–Trinajstić information content (AvgIpc) is 3.20. The first kappa shape index (κ1) is 21.7. The zero-order valence-electron chi connectivity index (χ0n) is 16.6. The molecule has 30 heavy (non-hydrogen) atoms. The highest BCUT2D eigenvalue weighted by molar-refractivity contribution is 8.13. The molecule has 1 N–H and O–H groups in total. The van der Waals surface area contributed by atoms with Gasteiger partial charge >= 0.3 is 5.97 Å². The molecule has 1 heterocycles. The maximum absolute atomic E-state index is 13.4. The number of para-hydroxylation sites is 1. The molecule has 0 aliphatic carbocycles. The second-order valence-electron chi connectivity index (χ2n) is 6.93. The minimum absolute atomic E-state index is 0.0986. The smallest absolute Gasteiger partial charge is 0.323 e. The van der Waals surface area contributed by atoms with Crippen LogP contribution in [0, 0.1) is 5.92 Å². The van der Waals surface area contributed by atoms with E-state index in [1.807, 2.05) is 42.5 Å². The van der Waals surface area contributed by atoms with Gasteiger partial charge in [-0.15, -0.1) is 0 Å². The third kappa shape index (κ3) is 5.76. The van der Waals surface area contributed by atoms with Crippen LogP contribution in [-0.2, 0) is 27.3 Å². The number of nitrogens with zero attached hydrogens (tertiary/aromatic N) is 1. The molecule has 1 unspecified atom stereocenters. The molecule has 8 heteroatoms. The minimum atomic E-state index is -1.09. The van der Waals surface area contributed by atoms with E-state index in [4.69, 9.17) is 9.47 Å². The van der Waals surface area contributed by atoms with Gasteiger partial charge in [-0.05, 0) is 23.6 Å². The Bertz CT molecular complexity index is 917. The fourth-order valence-electron chi connectivity index (χ4n) is 3.29. The first-order valence-corrected chi connectivity index (χ1v) is 10.5. The zero-order valence-corrected chi connectivity index (χ0v) is 17.4. The van der Waals surface area contributed by atoms with E-state index in [-0.39, 0.29) is 30.1 Å². The molecule has 0 aromatic heterocycles. The molecule has 0 saturated heterocycles. The van der Waals surface area contributed by atoms with Crippen LogP contribution in [0.2, 0.25) is 0 Å². The number of carbonyl (C=O) groups is 3. The number of carboxylic acid groups (broad SMARTS) is 1. The number of hydrogen-bond acceptors (Lipinski definition) is 6. The van der Waals surface area contributed by atoms with Crippen molar-refractivity contribution in [3.8, 4) is 11.5 Å². The Morgan fingerprint density at radius 2 is 1.87 bits per heavy atom. The molecule has 1 aliphatic rings. The van der Waals surface area contributed by atoms with Crippen LogP contribution in [0.1, 0.15) is 18.1 Å². The van der Waals surface area contributed by atoms with Gasteiger partial charge in [0, 0.05) is 19.2 Å². The molecule has 158 valence electrons. The van der Waals surface area contributed by atoms with Crippen molar-refractivity contribution in [1.29, 1.82) is 0 Å². The Morgan fingerprint density at radius 1 is 1.10 bits per heavy atom. The van der Waals surface area contributed by atoms with E-state index >= 15 is 0 Å². The summed E-state index contributed by atoms with van der Waals surface area (Å²) in [6, 6.07) is 14.7. The molecule has 0 fully saturated rings. The van der Waals surface area contributed by atoms with Gasteiger partial charge in [0.05, 0.1) is 5.92 Å². The molecule has 1 aliphatic heterocycles. The second kappa shape index (κ2) is 10.2. The number of thioether (sulfide) groups is 1. The van der Waals surface area contributed by atoms with Crippen molar-refractivity contribution in [2.24, 2.45) is 5.92 Å². The molecule has 1 amide bonds. The van der Waals surface area contributed by atoms with Crippen LogP contribution in [0.25, 0.3) is 0 Å². The van der Waals surface area contributed by atoms with Gasteiger partial charge in [0.15, 0.2) is 16.6 Å². The zero-order chi connectivity index (χ0) is 21.5. The predicted octanol–water partition coefficient (Wildman–Crippen LogP) is 2.97. The molecular weight excluding hydrogens is 406 g/mol. The number of fused-ring (bicyclic) bond motifs is 1. The molecule has 2 aromatic carbocycles. The number of benzene rings is 2. The van der Waals surface area contributed by atoms with E-state index in [1.54, 1.807) is 6.07 Å². The molecule has 1 atom stereocenters. The van der Waals surface area contributed by atoms with E-state index in [1.165, 1.54) is 11.8 Å². The molecule has 7 nitrogen and oxygen atoms in total. The van der Waals surface area contributed by atoms with Crippen molar-refractivity contribution in [1.82, 2.24) is 4.90 Å². The lowest BCUT2D eigenvalue weighted by Gasteiger charge is -2.26. The predicted molar refractivity (Wildman–Crippen MR) is 112 cm³/mol. The lowest BCUT2D eigenvalue weighted by Crippen LogP contribution is -2.40. The van der Waals surface area contributed by atoms with Gasteiger partial charge in [0.1, 0.15) is 6.54 Å². The fraction of sp³-hybridized carbons (Fsp3) is 0.318. The van der Waals surface area contributed by atoms with Gasteiger partial charge < -0.3 is 19.5 Å². The molecule has 0 bridgehead atoms. The molecule has 2 aromatic rings. The van der Waals surface area contributed by atoms with E-state index in [2.05, 4.69) is 0 Å². The Kier molecular flexibility index (Phi) is 7.35. The lowest BCUT2D eigenvalue weighted by molar-refractivity contribution is -0.146. The monoisotopic (exact) mass is 429 g/mol. The Morgan fingerprint density at radius 3 is 2.57 bits per heavy atom. The number of ether oxygens (including phenoxy) is 2. The van der Waals surface area contributed by atoms with Crippen LogP contribution in [0.5, 0.6) is 11.5 Å². The van der Waals surface area contributed by atoms with Gasteiger partial charge in [0.2, 0.25) is 12.7 Å². The normalized spacial score (nSPS) is 13.0. The molecule has 0 spiro atoms. The summed E-state index contributed by atoms with van der Waals surface area (Å²) in [6.07, 6.45) is 0.316. The first-order chi connectivity index (χ1) is 14.4. The van der Waals surface area contributed by atoms with Crippen molar-refractivity contribution in [2.45, 2.75) is 19.9 Å². The number of amides is 1. The number of rotatable bonds is 9. The van der Waals surface area contributed by atoms with Crippen LogP contribution in [-0.4, -0.2) is 46.1 Å². The van der Waals surface area contributed by atoms with Gasteiger partial charge in [-0.25, -0.2) is 0 Å². The number of aliphatic carboxylic acids is 1. The van der Waals surface area contributed by atoms with E-state index in [9.17, 15) is 19.5 Å². The molecular formula is C22H23NO6S. The van der Waals surface area contributed by atoms with Crippen LogP contribution in [0.3, 0.4) is 0 Å². The SMILES string of the molecule is CC(=O)SCC(Cc1cccc2c1OCO2)C(=O)N(CC(=O)O)Cc1ccccc1. The molecule has 3 rings (SSSR count). The van der Waals surface area contributed by atoms with Gasteiger partial charge in [-0.3, -0.25) is 14.4 Å². The van der Waals surface area contributed by atoms with E-state index in [0.717, 1.165) is 22.9 Å². The van der Waals surface area contributed by atoms with Crippen LogP contribution in [0.4, 0.5) is 0 Å². The maximum atomic E-state index is 13.4. The quantitative estimate of drug-likeness (QED) is 0.655. The largest absolute Gasteiger partial charge is 0.480 e. The summed E-state index contributed by atoms with van der Waals surface area (Å²) >= 11 is 1.06. The van der Waals surface area contributed by atoms with Gasteiger partial charge in [-0.2, -0.15) is 0 Å². The van der Waals surface area contributed by atoms with Crippen molar-refractivity contribution in [2.75, 3.05) is 19.1 Å². The van der Waals surface area contributed by atoms with E-state index < -0.39 is 18.4 Å². The third-order valence-electron chi connectivity index (χ3n) is 4.64. The Labute approximate surface area is 179 Å². The molecule has 0 saturated carbocycles. The van der Waals surface area contributed by atoms with E-state index in [0.29, 0.717) is 17.9 Å². The van der Waals surface area contributed by atoms with Crippen LogP contribution < -0.4 is 9.47 Å². The highest BCUT2D eigenvalue weighted by atomic mass is 32.2. The second-order valence-corrected chi connectivity index (χ2v) is 8.13. The number of hydrogen-bond donors (Lipinski definition) is 1. The summed E-state index contributed by atoms with van der Waals surface area (Å²) in [5, 5.41) is 9.24. The van der Waals surface area contributed by atoms with Gasteiger partial charge in [-0.1, -0.05) is 54.2 Å². The highest BCUT2D eigenvalue weighted by Crippen LogP contribution is 2.37. The highest BCUT2D eigenvalue weighted by Gasteiger charge is 2.29. The van der Waals surface area contributed by atoms with Crippen molar-refractivity contribution < 1.29 is 29.0 Å². The Hall–Kier alpha value is -3.00. The topological polar surface area (TPSA) is 93.1 Å². The number of carboxylic acids is 1. The summed E-state index contributed by atoms with van der Waals surface area (Å²) in [5.74, 6) is -0.525. The fourth-order valence-corrected chi connectivity index (χ4v) is 3.99.